The SMILES string of the molecule is Cn1c(C(C#N)=C(O)C[NH+]2CCCCC2)nc2ccccc21. The lowest BCUT2D eigenvalue weighted by atomic mass is 10.1. The fourth-order valence-corrected chi connectivity index (χ4v) is 3.17. The summed E-state index contributed by atoms with van der Waals surface area (Å²) in [5.41, 5.74) is 2.09. The minimum absolute atomic E-state index is 0.151. The fourth-order valence-electron chi connectivity index (χ4n) is 3.17. The molecule has 1 aromatic carbocycles. The number of hydrogen-bond donors (Lipinski definition) is 2. The zero-order chi connectivity index (χ0) is 15.5. The summed E-state index contributed by atoms with van der Waals surface area (Å²) in [7, 11) is 1.88. The van der Waals surface area contributed by atoms with Crippen molar-refractivity contribution in [2.24, 2.45) is 7.05 Å². The smallest absolute Gasteiger partial charge is 0.169 e. The number of aliphatic hydroxyl groups excluding tert-OH is 1. The molecule has 5 heteroatoms. The highest BCUT2D eigenvalue weighted by Gasteiger charge is 2.21. The first-order valence-corrected chi connectivity index (χ1v) is 7.78. The molecule has 0 spiro atoms. The maximum absolute atomic E-state index is 10.4. The van der Waals surface area contributed by atoms with E-state index in [1.54, 1.807) is 0 Å². The van der Waals surface area contributed by atoms with Gasteiger partial charge in [-0.05, 0) is 31.4 Å². The van der Waals surface area contributed by atoms with Gasteiger partial charge in [0.2, 0.25) is 0 Å². The molecule has 0 amide bonds. The number of likely N-dealkylation sites (tertiary alicyclic amines) is 1. The monoisotopic (exact) mass is 297 g/mol. The third-order valence-electron chi connectivity index (χ3n) is 4.39. The van der Waals surface area contributed by atoms with Gasteiger partial charge in [0.05, 0.1) is 24.1 Å². The Morgan fingerprint density at radius 1 is 1.32 bits per heavy atom. The van der Waals surface area contributed by atoms with Crippen molar-refractivity contribution in [2.45, 2.75) is 19.3 Å². The van der Waals surface area contributed by atoms with Gasteiger partial charge in [-0.25, -0.2) is 4.98 Å². The summed E-state index contributed by atoms with van der Waals surface area (Å²) >= 11 is 0. The van der Waals surface area contributed by atoms with Crippen molar-refractivity contribution < 1.29 is 10.0 Å². The Hall–Kier alpha value is -2.32. The van der Waals surface area contributed by atoms with E-state index in [1.807, 2.05) is 35.9 Å². The number of rotatable bonds is 3. The summed E-state index contributed by atoms with van der Waals surface area (Å²) < 4.78 is 1.87. The van der Waals surface area contributed by atoms with Gasteiger partial charge in [0.25, 0.3) is 0 Å². The number of aliphatic hydroxyl groups is 1. The Morgan fingerprint density at radius 2 is 2.05 bits per heavy atom. The number of hydrogen-bond acceptors (Lipinski definition) is 3. The van der Waals surface area contributed by atoms with Crippen LogP contribution < -0.4 is 4.90 Å². The number of fused-ring (bicyclic) bond motifs is 1. The van der Waals surface area contributed by atoms with E-state index in [-0.39, 0.29) is 11.3 Å². The van der Waals surface area contributed by atoms with Gasteiger partial charge in [-0.1, -0.05) is 12.1 Å². The lowest BCUT2D eigenvalue weighted by molar-refractivity contribution is -0.901. The Morgan fingerprint density at radius 3 is 2.73 bits per heavy atom. The highest BCUT2D eigenvalue weighted by Crippen LogP contribution is 2.21. The maximum atomic E-state index is 10.4. The van der Waals surface area contributed by atoms with Crippen LogP contribution in [-0.2, 0) is 7.05 Å². The van der Waals surface area contributed by atoms with Gasteiger partial charge in [-0.2, -0.15) is 5.26 Å². The minimum Gasteiger partial charge on any atom is -0.506 e. The van der Waals surface area contributed by atoms with Gasteiger partial charge in [0, 0.05) is 7.05 Å². The highest BCUT2D eigenvalue weighted by atomic mass is 16.3. The van der Waals surface area contributed by atoms with E-state index < -0.39 is 0 Å². The van der Waals surface area contributed by atoms with E-state index in [0.29, 0.717) is 12.4 Å². The minimum atomic E-state index is 0.151. The number of benzene rings is 1. The Balaban J connectivity index is 1.96. The van der Waals surface area contributed by atoms with Crippen molar-refractivity contribution in [1.82, 2.24) is 9.55 Å². The van der Waals surface area contributed by atoms with Crippen molar-refractivity contribution in [1.29, 1.82) is 5.26 Å². The molecule has 2 aromatic rings. The molecule has 1 fully saturated rings. The topological polar surface area (TPSA) is 66.3 Å². The molecule has 2 heterocycles. The summed E-state index contributed by atoms with van der Waals surface area (Å²) in [5.74, 6) is 0.690. The molecule has 3 rings (SSSR count). The van der Waals surface area contributed by atoms with Crippen LogP contribution in [0.15, 0.2) is 30.0 Å². The van der Waals surface area contributed by atoms with Crippen molar-refractivity contribution in [3.05, 3.63) is 35.8 Å². The van der Waals surface area contributed by atoms with Crippen molar-refractivity contribution in [3.8, 4) is 6.07 Å². The van der Waals surface area contributed by atoms with Crippen LogP contribution in [-0.4, -0.2) is 34.3 Å². The van der Waals surface area contributed by atoms with Crippen LogP contribution in [0.4, 0.5) is 0 Å². The average molecular weight is 297 g/mol. The van der Waals surface area contributed by atoms with Crippen molar-refractivity contribution >= 4 is 16.6 Å². The number of quaternary nitrogens is 1. The first-order valence-electron chi connectivity index (χ1n) is 7.78. The Kier molecular flexibility index (Phi) is 4.12. The molecule has 2 N–H and O–H groups in total. The van der Waals surface area contributed by atoms with Gasteiger partial charge in [-0.3, -0.25) is 0 Å². The number of piperidine rings is 1. The van der Waals surface area contributed by atoms with Gasteiger partial charge in [0.1, 0.15) is 18.2 Å². The molecular formula is C17H21N4O+. The number of nitriles is 1. The summed E-state index contributed by atoms with van der Waals surface area (Å²) in [6.45, 7) is 2.63. The van der Waals surface area contributed by atoms with Gasteiger partial charge in [-0.15, -0.1) is 0 Å². The predicted molar refractivity (Wildman–Crippen MR) is 85.3 cm³/mol. The third kappa shape index (κ3) is 2.70. The summed E-state index contributed by atoms with van der Waals surface area (Å²) in [5, 5.41) is 19.9. The van der Waals surface area contributed by atoms with Gasteiger partial charge < -0.3 is 14.6 Å². The molecule has 0 radical (unpaired) electrons. The van der Waals surface area contributed by atoms with E-state index in [9.17, 15) is 10.4 Å². The van der Waals surface area contributed by atoms with E-state index in [0.717, 1.165) is 24.1 Å². The largest absolute Gasteiger partial charge is 0.506 e. The van der Waals surface area contributed by atoms with Crippen LogP contribution in [0.5, 0.6) is 0 Å². The number of aryl methyl sites for hydroxylation is 1. The second-order valence-electron chi connectivity index (χ2n) is 5.90. The fraction of sp³-hybridized carbons (Fsp3) is 0.412. The first kappa shape index (κ1) is 14.6. The van der Waals surface area contributed by atoms with Crippen molar-refractivity contribution in [2.75, 3.05) is 19.6 Å². The van der Waals surface area contributed by atoms with Crippen LogP contribution in [0.3, 0.4) is 0 Å². The lowest BCUT2D eigenvalue weighted by Gasteiger charge is -2.23. The Bertz CT molecular complexity index is 748. The molecule has 0 unspecified atom stereocenters. The van der Waals surface area contributed by atoms with Gasteiger partial charge >= 0.3 is 0 Å². The molecule has 0 saturated carbocycles. The lowest BCUT2D eigenvalue weighted by Crippen LogP contribution is -3.13. The van der Waals surface area contributed by atoms with Crippen LogP contribution in [0.2, 0.25) is 0 Å². The second-order valence-corrected chi connectivity index (χ2v) is 5.90. The molecule has 5 nitrogen and oxygen atoms in total. The molecular weight excluding hydrogens is 276 g/mol. The number of imidazole rings is 1. The zero-order valence-electron chi connectivity index (χ0n) is 12.8. The van der Waals surface area contributed by atoms with E-state index in [1.165, 1.54) is 24.2 Å². The number of para-hydroxylation sites is 2. The molecule has 1 saturated heterocycles. The quantitative estimate of drug-likeness (QED) is 0.665. The number of nitrogens with zero attached hydrogens (tertiary/aromatic N) is 3. The second kappa shape index (κ2) is 6.20. The van der Waals surface area contributed by atoms with E-state index in [2.05, 4.69) is 11.1 Å². The first-order chi connectivity index (χ1) is 10.7. The van der Waals surface area contributed by atoms with Crippen LogP contribution in [0, 0.1) is 11.3 Å². The van der Waals surface area contributed by atoms with E-state index >= 15 is 0 Å². The summed E-state index contributed by atoms with van der Waals surface area (Å²) in [6.07, 6.45) is 3.65. The molecule has 1 aliphatic rings. The normalized spacial score (nSPS) is 17.3. The standard InChI is InChI=1S/C17H20N4O/c1-20-15-8-4-3-7-14(15)19-17(20)13(11-18)16(22)12-21-9-5-2-6-10-21/h3-4,7-8,22H,2,5-6,9-10,12H2,1H3/p+1. The molecule has 1 aromatic heterocycles. The number of nitrogens with one attached hydrogen (secondary N) is 1. The number of allylic oxidation sites excluding steroid dienone is 1. The molecule has 0 bridgehead atoms. The molecule has 0 atom stereocenters. The van der Waals surface area contributed by atoms with Crippen molar-refractivity contribution in [3.63, 3.8) is 0 Å². The third-order valence-corrected chi connectivity index (χ3v) is 4.39. The van der Waals surface area contributed by atoms with Gasteiger partial charge in [0.15, 0.2) is 11.6 Å². The summed E-state index contributed by atoms with van der Waals surface area (Å²) in [4.78, 5) is 5.85. The molecule has 114 valence electrons. The highest BCUT2D eigenvalue weighted by molar-refractivity contribution is 5.83. The zero-order valence-corrected chi connectivity index (χ0v) is 12.8. The van der Waals surface area contributed by atoms with Crippen LogP contribution >= 0.6 is 0 Å². The number of aromatic nitrogens is 2. The average Bonchev–Trinajstić information content (AvgIpc) is 2.87. The predicted octanol–water partition coefficient (Wildman–Crippen LogP) is 1.43. The maximum Gasteiger partial charge on any atom is 0.169 e. The molecule has 22 heavy (non-hydrogen) atoms. The molecule has 0 aliphatic carbocycles. The van der Waals surface area contributed by atoms with Crippen LogP contribution in [0.25, 0.3) is 16.6 Å². The molecule has 1 aliphatic heterocycles. The van der Waals surface area contributed by atoms with E-state index in [4.69, 9.17) is 0 Å². The van der Waals surface area contributed by atoms with Crippen LogP contribution in [0.1, 0.15) is 25.1 Å². The summed E-state index contributed by atoms with van der Waals surface area (Å²) in [6, 6.07) is 9.89. The Labute approximate surface area is 130 Å².